The van der Waals surface area contributed by atoms with Gasteiger partial charge < -0.3 is 29.9 Å². The van der Waals surface area contributed by atoms with Crippen molar-refractivity contribution < 1.29 is 41.9 Å². The van der Waals surface area contributed by atoms with Crippen LogP contribution in [0.2, 0.25) is 0 Å². The van der Waals surface area contributed by atoms with Gasteiger partial charge in [-0.1, -0.05) is 26.8 Å². The van der Waals surface area contributed by atoms with Gasteiger partial charge in [0.1, 0.15) is 29.3 Å². The van der Waals surface area contributed by atoms with Crippen LogP contribution in [0.1, 0.15) is 86.5 Å². The highest BCUT2D eigenvalue weighted by atomic mass is 32.2. The van der Waals surface area contributed by atoms with E-state index in [1.165, 1.54) is 11.0 Å². The summed E-state index contributed by atoms with van der Waals surface area (Å²) < 4.78 is 38.4. The highest BCUT2D eigenvalue weighted by Gasteiger charge is 2.62. The van der Waals surface area contributed by atoms with Crippen LogP contribution in [-0.4, -0.2) is 102 Å². The van der Waals surface area contributed by atoms with Crippen molar-refractivity contribution in [3.63, 3.8) is 0 Å². The van der Waals surface area contributed by atoms with Gasteiger partial charge in [-0.2, -0.15) is 0 Å². The SMILES string of the molecule is C=CC1CC1(NC(=O)C1CC(OC(=O)N2CCCCC2)CN1C(=O)C(NC(=O)OC(C)(C)C)C(C)(C)C)C(=O)NS(=O)(=O)C1CC1. The fourth-order valence-electron chi connectivity index (χ4n) is 5.93. The number of nitrogens with one attached hydrogen (secondary N) is 3. The highest BCUT2D eigenvalue weighted by molar-refractivity contribution is 7.91. The number of alkyl carbamates (subject to hydrolysis) is 1. The zero-order valence-electron chi connectivity index (χ0n) is 27.7. The Balaban J connectivity index is 1.58. The first-order chi connectivity index (χ1) is 21.3. The first kappa shape index (κ1) is 35.5. The third-order valence-corrected chi connectivity index (χ3v) is 10.6. The lowest BCUT2D eigenvalue weighted by molar-refractivity contribution is -0.143. The molecule has 2 aliphatic heterocycles. The molecule has 14 nitrogen and oxygen atoms in total. The Morgan fingerprint density at radius 2 is 1.63 bits per heavy atom. The summed E-state index contributed by atoms with van der Waals surface area (Å²) in [5.74, 6) is -2.69. The second-order valence-electron chi connectivity index (χ2n) is 14.9. The molecule has 0 bridgehead atoms. The Labute approximate surface area is 271 Å². The van der Waals surface area contributed by atoms with Crippen LogP contribution in [0.4, 0.5) is 9.59 Å². The zero-order valence-corrected chi connectivity index (χ0v) is 28.5. The molecule has 4 fully saturated rings. The number of hydrogen-bond acceptors (Lipinski definition) is 9. The third-order valence-electron chi connectivity index (χ3n) is 8.75. The van der Waals surface area contributed by atoms with Crippen molar-refractivity contribution >= 4 is 39.9 Å². The van der Waals surface area contributed by atoms with E-state index >= 15 is 0 Å². The quantitative estimate of drug-likeness (QED) is 0.311. The molecule has 0 aromatic carbocycles. The molecule has 4 rings (SSSR count). The van der Waals surface area contributed by atoms with E-state index in [1.807, 2.05) is 0 Å². The molecule has 2 saturated carbocycles. The van der Waals surface area contributed by atoms with Crippen LogP contribution in [0.25, 0.3) is 0 Å². The van der Waals surface area contributed by atoms with E-state index in [9.17, 15) is 32.4 Å². The van der Waals surface area contributed by atoms with Crippen LogP contribution < -0.4 is 15.4 Å². The zero-order chi connectivity index (χ0) is 34.2. The van der Waals surface area contributed by atoms with Crippen molar-refractivity contribution in [2.24, 2.45) is 11.3 Å². The molecule has 0 aromatic rings. The predicted octanol–water partition coefficient (Wildman–Crippen LogP) is 2.19. The van der Waals surface area contributed by atoms with E-state index in [2.05, 4.69) is 21.9 Å². The standard InChI is InChI=1S/C31H49N5O9S/c1-8-19-17-31(19,26(39)34-46(42,43)21-12-13-21)33-24(37)22-16-20(44-28(41)35-14-10-9-11-15-35)18-36(22)25(38)23(29(2,3)4)32-27(40)45-30(5,6)7/h8,19-23H,1,9-18H2,2-7H3,(H,32,40)(H,33,37)(H,34,39). The van der Waals surface area contributed by atoms with E-state index in [1.54, 1.807) is 46.4 Å². The summed E-state index contributed by atoms with van der Waals surface area (Å²) in [6, 6.07) is -2.32. The summed E-state index contributed by atoms with van der Waals surface area (Å²) in [6.07, 6.45) is 2.99. The first-order valence-corrected chi connectivity index (χ1v) is 17.6. The summed E-state index contributed by atoms with van der Waals surface area (Å²) >= 11 is 0. The molecule has 0 radical (unpaired) electrons. The van der Waals surface area contributed by atoms with Crippen molar-refractivity contribution in [3.05, 3.63) is 12.7 Å². The Morgan fingerprint density at radius 1 is 1.00 bits per heavy atom. The second-order valence-corrected chi connectivity index (χ2v) is 16.9. The number of likely N-dealkylation sites (tertiary alicyclic amines) is 2. The molecular formula is C31H49N5O9S. The van der Waals surface area contributed by atoms with Crippen LogP contribution in [0, 0.1) is 11.3 Å². The normalized spacial score (nSPS) is 27.2. The second kappa shape index (κ2) is 13.0. The predicted molar refractivity (Wildman–Crippen MR) is 168 cm³/mol. The number of rotatable bonds is 9. The summed E-state index contributed by atoms with van der Waals surface area (Å²) in [5.41, 5.74) is -3.20. The number of carbonyl (C=O) groups excluding carboxylic acids is 5. The topological polar surface area (TPSA) is 181 Å². The minimum atomic E-state index is -3.89. The lowest BCUT2D eigenvalue weighted by Gasteiger charge is -2.36. The Kier molecular flexibility index (Phi) is 10.1. The van der Waals surface area contributed by atoms with Gasteiger partial charge in [0, 0.05) is 25.4 Å². The van der Waals surface area contributed by atoms with Crippen LogP contribution in [0.5, 0.6) is 0 Å². The molecule has 5 unspecified atom stereocenters. The summed E-state index contributed by atoms with van der Waals surface area (Å²) in [4.78, 5) is 70.1. The highest BCUT2D eigenvalue weighted by Crippen LogP contribution is 2.45. The van der Waals surface area contributed by atoms with Crippen LogP contribution in [0.15, 0.2) is 12.7 Å². The fourth-order valence-corrected chi connectivity index (χ4v) is 7.29. The molecule has 15 heteroatoms. The number of carbonyl (C=O) groups is 5. The number of sulfonamides is 1. The lowest BCUT2D eigenvalue weighted by atomic mass is 9.85. The van der Waals surface area contributed by atoms with Gasteiger partial charge in [0.15, 0.2) is 0 Å². The number of amides is 5. The van der Waals surface area contributed by atoms with E-state index < -0.39 is 85.8 Å². The fraction of sp³-hybridized carbons (Fsp3) is 0.774. The number of nitrogens with zero attached hydrogens (tertiary/aromatic N) is 2. The number of piperidine rings is 1. The van der Waals surface area contributed by atoms with Crippen molar-refractivity contribution in [1.29, 1.82) is 0 Å². The van der Waals surface area contributed by atoms with Crippen molar-refractivity contribution in [2.75, 3.05) is 19.6 Å². The molecule has 46 heavy (non-hydrogen) atoms. The minimum Gasteiger partial charge on any atom is -0.444 e. The van der Waals surface area contributed by atoms with Crippen molar-refractivity contribution in [2.45, 2.75) is 121 Å². The molecule has 3 N–H and O–H groups in total. The summed E-state index contributed by atoms with van der Waals surface area (Å²) in [7, 11) is -3.89. The van der Waals surface area contributed by atoms with Crippen LogP contribution in [-0.2, 0) is 33.9 Å². The Hall–Kier alpha value is -3.36. The molecule has 4 aliphatic rings. The van der Waals surface area contributed by atoms with Gasteiger partial charge in [-0.3, -0.25) is 19.1 Å². The maximum atomic E-state index is 14.2. The largest absolute Gasteiger partial charge is 0.444 e. The molecule has 2 aliphatic carbocycles. The van der Waals surface area contributed by atoms with Gasteiger partial charge in [0.05, 0.1) is 11.8 Å². The van der Waals surface area contributed by atoms with Crippen molar-refractivity contribution in [3.8, 4) is 0 Å². The molecule has 258 valence electrons. The smallest absolute Gasteiger partial charge is 0.410 e. The molecule has 0 aromatic heterocycles. The molecule has 2 saturated heterocycles. The molecule has 5 amide bonds. The third kappa shape index (κ3) is 8.31. The first-order valence-electron chi connectivity index (χ1n) is 16.0. The average Bonchev–Trinajstić information content (AvgIpc) is 3.87. The summed E-state index contributed by atoms with van der Waals surface area (Å²) in [5, 5.41) is 4.73. The maximum Gasteiger partial charge on any atom is 0.410 e. The molecular weight excluding hydrogens is 618 g/mol. The van der Waals surface area contributed by atoms with Crippen molar-refractivity contribution in [1.82, 2.24) is 25.2 Å². The van der Waals surface area contributed by atoms with Gasteiger partial charge in [-0.05, 0) is 64.7 Å². The summed E-state index contributed by atoms with van der Waals surface area (Å²) in [6.45, 7) is 15.0. The minimum absolute atomic E-state index is 0.0583. The van der Waals surface area contributed by atoms with E-state index in [0.29, 0.717) is 25.9 Å². The average molecular weight is 668 g/mol. The van der Waals surface area contributed by atoms with Gasteiger partial charge in [-0.15, -0.1) is 6.58 Å². The number of hydrogen-bond donors (Lipinski definition) is 3. The van der Waals surface area contributed by atoms with E-state index in [0.717, 1.165) is 19.3 Å². The lowest BCUT2D eigenvalue weighted by Crippen LogP contribution is -2.60. The number of ether oxygens (including phenoxy) is 2. The van der Waals surface area contributed by atoms with Gasteiger partial charge in [-0.25, -0.2) is 18.0 Å². The van der Waals surface area contributed by atoms with Crippen LogP contribution >= 0.6 is 0 Å². The van der Waals surface area contributed by atoms with E-state index in [-0.39, 0.29) is 19.4 Å². The maximum absolute atomic E-state index is 14.2. The van der Waals surface area contributed by atoms with Gasteiger partial charge in [0.25, 0.3) is 5.91 Å². The monoisotopic (exact) mass is 667 g/mol. The van der Waals surface area contributed by atoms with Gasteiger partial charge in [0.2, 0.25) is 21.8 Å². The van der Waals surface area contributed by atoms with E-state index in [4.69, 9.17) is 9.47 Å². The van der Waals surface area contributed by atoms with Gasteiger partial charge >= 0.3 is 12.2 Å². The van der Waals surface area contributed by atoms with Crippen LogP contribution in [0.3, 0.4) is 0 Å². The molecule has 0 spiro atoms. The Bertz CT molecular complexity index is 1340. The molecule has 5 atom stereocenters. The Morgan fingerprint density at radius 3 is 2.15 bits per heavy atom. The molecule has 2 heterocycles.